The van der Waals surface area contributed by atoms with Crippen LogP contribution >= 0.6 is 0 Å². The fraction of sp³-hybridized carbons (Fsp3) is 0.0112. The lowest BCUT2D eigenvalue weighted by molar-refractivity contribution is 0.479. The van der Waals surface area contributed by atoms with Crippen LogP contribution in [0, 0.1) is 0 Å². The molecule has 1 aliphatic rings. The Balaban J connectivity index is 0.929. The summed E-state index contributed by atoms with van der Waals surface area (Å²) in [4.78, 5) is 0. The molecule has 0 radical (unpaired) electrons. The first kappa shape index (κ1) is 53.4. The Morgan fingerprint density at radius 2 is 0.374 bits per heavy atom. The maximum atomic E-state index is 13.4. The van der Waals surface area contributed by atoms with Gasteiger partial charge in [-0.15, -0.1) is 0 Å². The van der Waals surface area contributed by atoms with Crippen molar-refractivity contribution >= 4 is 43.1 Å². The van der Waals surface area contributed by atoms with Crippen LogP contribution in [0.4, 0.5) is 0 Å². The zero-order valence-corrected chi connectivity index (χ0v) is 49.7. The number of hydrogen-bond donors (Lipinski definition) is 2. The Hall–Kier alpha value is -11.8. The molecule has 0 atom stereocenters. The molecule has 0 aromatic heterocycles. The van der Waals surface area contributed by atoms with E-state index in [1.54, 1.807) is 0 Å². The molecule has 0 saturated carbocycles. The molecule has 91 heavy (non-hydrogen) atoms. The maximum Gasteiger partial charge on any atom is 0.131 e. The van der Waals surface area contributed by atoms with Crippen molar-refractivity contribution in [2.45, 2.75) is 5.41 Å². The predicted molar refractivity (Wildman–Crippen MR) is 381 cm³/mol. The highest BCUT2D eigenvalue weighted by Gasteiger charge is 2.47. The van der Waals surface area contributed by atoms with Gasteiger partial charge in [-0.25, -0.2) is 0 Å². The number of hydrogen-bond acceptors (Lipinski definition) is 2. The molecule has 0 unspecified atom stereocenters. The van der Waals surface area contributed by atoms with Gasteiger partial charge in [0.2, 0.25) is 0 Å². The summed E-state index contributed by atoms with van der Waals surface area (Å²) in [6, 6.07) is 122. The Bertz CT molecular complexity index is 4900. The molecule has 1 aliphatic carbocycles. The molecule has 0 spiro atoms. The van der Waals surface area contributed by atoms with E-state index in [1.165, 1.54) is 0 Å². The molecule has 0 fully saturated rings. The number of fused-ring (bicyclic) bond motifs is 7. The first-order chi connectivity index (χ1) is 44.9. The largest absolute Gasteiger partial charge is 0.507 e. The third-order valence-electron chi connectivity index (χ3n) is 19.1. The summed E-state index contributed by atoms with van der Waals surface area (Å²) in [7, 11) is 0. The van der Waals surface area contributed by atoms with Gasteiger partial charge in [0.05, 0.1) is 5.41 Å². The number of rotatable bonds is 10. The van der Waals surface area contributed by atoms with Gasteiger partial charge in [-0.3, -0.25) is 0 Å². The molecule has 0 saturated heterocycles. The zero-order valence-electron chi connectivity index (χ0n) is 49.7. The monoisotopic (exact) mass is 1160 g/mol. The summed E-state index contributed by atoms with van der Waals surface area (Å²) in [5.41, 5.74) is 21.1. The second-order valence-electron chi connectivity index (χ2n) is 24.3. The minimum Gasteiger partial charge on any atom is -0.507 e. The molecule has 2 N–H and O–H groups in total. The lowest BCUT2D eigenvalue weighted by atomic mass is 9.66. The van der Waals surface area contributed by atoms with E-state index < -0.39 is 5.41 Å². The molecule has 0 amide bonds. The van der Waals surface area contributed by atoms with E-state index in [1.807, 2.05) is 0 Å². The van der Waals surface area contributed by atoms with Gasteiger partial charge in [0, 0.05) is 22.3 Å². The van der Waals surface area contributed by atoms with Gasteiger partial charge in [0.15, 0.2) is 0 Å². The van der Waals surface area contributed by atoms with Crippen molar-refractivity contribution < 1.29 is 10.2 Å². The second-order valence-corrected chi connectivity index (χ2v) is 24.3. The minimum absolute atomic E-state index is 0.198. The lowest BCUT2D eigenvalue weighted by Crippen LogP contribution is -2.29. The van der Waals surface area contributed by atoms with E-state index in [4.69, 9.17) is 0 Å². The molecular weight excluding hydrogens is 1100 g/mol. The summed E-state index contributed by atoms with van der Waals surface area (Å²) in [6.45, 7) is 0. The lowest BCUT2D eigenvalue weighted by Gasteiger charge is -2.36. The van der Waals surface area contributed by atoms with Gasteiger partial charge in [-0.05, 0) is 216 Å². The summed E-state index contributed by atoms with van der Waals surface area (Å²) in [5, 5.41) is 35.5. The third kappa shape index (κ3) is 9.19. The molecule has 17 rings (SSSR count). The highest BCUT2D eigenvalue weighted by atomic mass is 16.3. The second kappa shape index (κ2) is 21.8. The fourth-order valence-corrected chi connectivity index (χ4v) is 14.5. The normalized spacial score (nSPS) is 12.4. The average molecular weight is 1160 g/mol. The van der Waals surface area contributed by atoms with Gasteiger partial charge < -0.3 is 10.2 Å². The van der Waals surface area contributed by atoms with Gasteiger partial charge in [0.1, 0.15) is 11.5 Å². The smallest absolute Gasteiger partial charge is 0.131 e. The predicted octanol–water partition coefficient (Wildman–Crippen LogP) is 23.4. The number of aromatic hydroxyl groups is 2. The van der Waals surface area contributed by atoms with Gasteiger partial charge in [-0.2, -0.15) is 0 Å². The van der Waals surface area contributed by atoms with Crippen LogP contribution in [0.3, 0.4) is 0 Å². The summed E-state index contributed by atoms with van der Waals surface area (Å²) in [5.74, 6) is 0.397. The topological polar surface area (TPSA) is 40.5 Å². The molecular formula is C89H58O2. The Labute approximate surface area is 529 Å². The van der Waals surface area contributed by atoms with Crippen molar-refractivity contribution in [1.82, 2.24) is 0 Å². The quantitative estimate of drug-likeness (QED) is 0.143. The van der Waals surface area contributed by atoms with Crippen molar-refractivity contribution in [1.29, 1.82) is 0 Å². The van der Waals surface area contributed by atoms with E-state index >= 15 is 0 Å². The van der Waals surface area contributed by atoms with Crippen molar-refractivity contribution in [2.75, 3.05) is 0 Å². The Kier molecular flexibility index (Phi) is 12.8. The van der Waals surface area contributed by atoms with E-state index in [0.717, 1.165) is 165 Å². The van der Waals surface area contributed by atoms with Crippen molar-refractivity contribution in [2.24, 2.45) is 0 Å². The van der Waals surface area contributed by atoms with E-state index in [9.17, 15) is 10.2 Å². The van der Waals surface area contributed by atoms with Crippen molar-refractivity contribution in [3.63, 3.8) is 0 Å². The Morgan fingerprint density at radius 1 is 0.165 bits per heavy atom. The minimum atomic E-state index is -1.01. The summed E-state index contributed by atoms with van der Waals surface area (Å²) in [6.07, 6.45) is 0. The molecule has 16 aromatic carbocycles. The van der Waals surface area contributed by atoms with Gasteiger partial charge in [-0.1, -0.05) is 267 Å². The van der Waals surface area contributed by atoms with Crippen molar-refractivity contribution in [3.05, 3.63) is 362 Å². The number of phenols is 2. The van der Waals surface area contributed by atoms with Crippen LogP contribution in [0.2, 0.25) is 0 Å². The molecule has 16 aromatic rings. The van der Waals surface area contributed by atoms with E-state index in [2.05, 4.69) is 340 Å². The average Bonchev–Trinajstić information content (AvgIpc) is 1.58. The summed E-state index contributed by atoms with van der Waals surface area (Å²) < 4.78 is 0. The number of benzene rings is 16. The highest BCUT2D eigenvalue weighted by Crippen LogP contribution is 2.60. The highest BCUT2D eigenvalue weighted by molar-refractivity contribution is 6.00. The van der Waals surface area contributed by atoms with Crippen LogP contribution in [-0.4, -0.2) is 10.2 Å². The van der Waals surface area contributed by atoms with Crippen LogP contribution < -0.4 is 0 Å². The maximum absolute atomic E-state index is 13.4. The van der Waals surface area contributed by atoms with Crippen LogP contribution in [0.5, 0.6) is 11.5 Å². The van der Waals surface area contributed by atoms with E-state index in [0.29, 0.717) is 0 Å². The van der Waals surface area contributed by atoms with Crippen LogP contribution in [-0.2, 0) is 5.41 Å². The van der Waals surface area contributed by atoms with Gasteiger partial charge in [0.25, 0.3) is 0 Å². The molecule has 2 heteroatoms. The van der Waals surface area contributed by atoms with Crippen molar-refractivity contribution in [3.8, 4) is 112 Å². The first-order valence-electron chi connectivity index (χ1n) is 31.2. The molecule has 2 nitrogen and oxygen atoms in total. The standard InChI is InChI=1S/C89H58O2/c90-87-81(73-41-37-65-45-61(29-33-69(65)49-73)57-17-5-1-6-18-57)53-77(54-82(87)74-42-38-66-46-62(30-34-70(66)50-74)58-19-7-2-8-20-58)89(85-27-15-13-25-79(85)80-26-14-16-28-86(80)89)78-55-83(75-43-39-67-47-63(31-35-71(67)51-75)59-21-9-3-10-22-59)88(91)84(56-78)76-44-40-68-48-64(32-36-72(68)52-76)60-23-11-4-12-24-60/h1-56,90-91H. The van der Waals surface area contributed by atoms with Gasteiger partial charge >= 0.3 is 0 Å². The first-order valence-corrected chi connectivity index (χ1v) is 31.2. The third-order valence-corrected chi connectivity index (χ3v) is 19.1. The van der Waals surface area contributed by atoms with Crippen LogP contribution in [0.15, 0.2) is 340 Å². The number of phenolic OH excluding ortho intramolecular Hbond substituents is 2. The van der Waals surface area contributed by atoms with Crippen LogP contribution in [0.1, 0.15) is 22.3 Å². The summed E-state index contributed by atoms with van der Waals surface area (Å²) >= 11 is 0. The molecule has 426 valence electrons. The molecule has 0 bridgehead atoms. The van der Waals surface area contributed by atoms with Crippen LogP contribution in [0.25, 0.3) is 143 Å². The Morgan fingerprint density at radius 3 is 0.626 bits per heavy atom. The van der Waals surface area contributed by atoms with E-state index in [-0.39, 0.29) is 11.5 Å². The molecule has 0 aliphatic heterocycles. The SMILES string of the molecule is Oc1c(-c2ccc3cc(-c4ccccc4)ccc3c2)cc(C2(c3cc(-c4ccc5cc(-c6ccccc6)ccc5c4)c(O)c(-c4ccc5cc(-c6ccccc6)ccc5c4)c3)c3ccccc3-c3ccccc32)cc1-c1ccc2cc(-c3ccccc3)ccc2c1. The molecule has 0 heterocycles. The fourth-order valence-electron chi connectivity index (χ4n) is 14.5. The zero-order chi connectivity index (χ0) is 60.6.